The topological polar surface area (TPSA) is 134 Å². The molecular weight excluding hydrogens is 547 g/mol. The second kappa shape index (κ2) is 9.93. The largest absolute Gasteiger partial charge is 0.454 e. The van der Waals surface area contributed by atoms with E-state index in [1.54, 1.807) is 22.4 Å². The number of fused-ring (bicyclic) bond motifs is 1. The van der Waals surface area contributed by atoms with Gasteiger partial charge in [-0.1, -0.05) is 0 Å². The van der Waals surface area contributed by atoms with Crippen molar-refractivity contribution in [1.82, 2.24) is 24.5 Å². The minimum atomic E-state index is -4.76. The standard InChI is InChI=1S/C26H24F3N7O3S/c1-5-35-14(4)17(10-31-35)16-9-19(26(27,28)29)32-25-20(16)21(22(40-25)23(30)37)33-24(38)18-7-6-15(39-18)11-36-13(3)8-12(2)34-36/h6-10H,5,11H2,1-4H3,(H2,30,37)(H,33,38). The van der Waals surface area contributed by atoms with E-state index in [-0.39, 0.29) is 38.6 Å². The first-order valence-electron chi connectivity index (χ1n) is 12.2. The zero-order valence-corrected chi connectivity index (χ0v) is 22.7. The number of aromatic nitrogens is 5. The van der Waals surface area contributed by atoms with E-state index in [0.29, 0.717) is 34.9 Å². The van der Waals surface area contributed by atoms with E-state index in [4.69, 9.17) is 10.2 Å². The number of alkyl halides is 3. The lowest BCUT2D eigenvalue weighted by molar-refractivity contribution is -0.140. The van der Waals surface area contributed by atoms with Crippen molar-refractivity contribution in [2.24, 2.45) is 5.73 Å². The van der Waals surface area contributed by atoms with Crippen LogP contribution in [0.15, 0.2) is 34.9 Å². The van der Waals surface area contributed by atoms with Gasteiger partial charge in [0.25, 0.3) is 11.8 Å². The molecule has 5 aromatic rings. The highest BCUT2D eigenvalue weighted by atomic mass is 32.1. The summed E-state index contributed by atoms with van der Waals surface area (Å²) in [5, 5.41) is 11.4. The van der Waals surface area contributed by atoms with Crippen molar-refractivity contribution in [3.8, 4) is 11.1 Å². The van der Waals surface area contributed by atoms with Crippen molar-refractivity contribution in [1.29, 1.82) is 0 Å². The van der Waals surface area contributed by atoms with Crippen molar-refractivity contribution in [3.63, 3.8) is 0 Å². The summed E-state index contributed by atoms with van der Waals surface area (Å²) < 4.78 is 50.5. The van der Waals surface area contributed by atoms with Gasteiger partial charge in [0.2, 0.25) is 0 Å². The Kier molecular flexibility index (Phi) is 6.74. The summed E-state index contributed by atoms with van der Waals surface area (Å²) in [6.45, 7) is 8.10. The Hall–Kier alpha value is -4.46. The van der Waals surface area contributed by atoms with Crippen molar-refractivity contribution in [3.05, 3.63) is 69.6 Å². The number of thiophene rings is 1. The van der Waals surface area contributed by atoms with Crippen LogP contribution >= 0.6 is 11.3 Å². The number of anilines is 1. The van der Waals surface area contributed by atoms with Gasteiger partial charge in [-0.2, -0.15) is 23.4 Å². The molecule has 0 bridgehead atoms. The van der Waals surface area contributed by atoms with Gasteiger partial charge < -0.3 is 15.5 Å². The first-order valence-corrected chi connectivity index (χ1v) is 13.0. The number of carbonyl (C=O) groups excluding carboxylic acids is 2. The predicted molar refractivity (Wildman–Crippen MR) is 142 cm³/mol. The SMILES string of the molecule is CCn1ncc(-c2cc(C(F)(F)F)nc3sc(C(N)=O)c(NC(=O)c4ccc(Cn5nc(C)cc5C)o4)c23)c1C. The van der Waals surface area contributed by atoms with Crippen LogP contribution in [0.25, 0.3) is 21.3 Å². The molecule has 2 amide bonds. The van der Waals surface area contributed by atoms with Gasteiger partial charge in [0.1, 0.15) is 21.2 Å². The maximum atomic E-state index is 13.8. The van der Waals surface area contributed by atoms with E-state index < -0.39 is 23.7 Å². The molecule has 0 spiro atoms. The van der Waals surface area contributed by atoms with Crippen LogP contribution < -0.4 is 11.1 Å². The molecule has 0 saturated carbocycles. The third kappa shape index (κ3) is 4.85. The number of primary amides is 1. The number of carbonyl (C=O) groups is 2. The van der Waals surface area contributed by atoms with Gasteiger partial charge >= 0.3 is 6.18 Å². The summed E-state index contributed by atoms with van der Waals surface area (Å²) in [4.78, 5) is 29.2. The number of nitrogens with one attached hydrogen (secondary N) is 1. The highest BCUT2D eigenvalue weighted by molar-refractivity contribution is 7.21. The smallest absolute Gasteiger partial charge is 0.433 e. The third-order valence-electron chi connectivity index (χ3n) is 6.40. The highest BCUT2D eigenvalue weighted by Gasteiger charge is 2.35. The molecule has 0 unspecified atom stereocenters. The third-order valence-corrected chi connectivity index (χ3v) is 7.50. The molecule has 0 saturated heterocycles. The fourth-order valence-corrected chi connectivity index (χ4v) is 5.53. The van der Waals surface area contributed by atoms with E-state index >= 15 is 0 Å². The highest BCUT2D eigenvalue weighted by Crippen LogP contribution is 2.44. The maximum Gasteiger partial charge on any atom is 0.433 e. The van der Waals surface area contributed by atoms with Gasteiger partial charge in [-0.15, -0.1) is 11.3 Å². The van der Waals surface area contributed by atoms with Crippen LogP contribution in [0.3, 0.4) is 0 Å². The average molecular weight is 572 g/mol. The van der Waals surface area contributed by atoms with Crippen molar-refractivity contribution >= 4 is 39.1 Å². The quantitative estimate of drug-likeness (QED) is 0.272. The van der Waals surface area contributed by atoms with E-state index in [9.17, 15) is 22.8 Å². The van der Waals surface area contributed by atoms with Gasteiger partial charge in [0.05, 0.1) is 24.1 Å². The van der Waals surface area contributed by atoms with E-state index in [1.165, 1.54) is 12.3 Å². The Morgan fingerprint density at radius 1 is 1.12 bits per heavy atom. The number of furan rings is 1. The van der Waals surface area contributed by atoms with Crippen LogP contribution in [0.4, 0.5) is 18.9 Å². The number of nitrogens with two attached hydrogens (primary N) is 1. The number of rotatable bonds is 7. The molecule has 0 atom stereocenters. The summed E-state index contributed by atoms with van der Waals surface area (Å²) >= 11 is 0.668. The van der Waals surface area contributed by atoms with Crippen LogP contribution in [0.1, 0.15) is 55.7 Å². The normalized spacial score (nSPS) is 11.9. The monoisotopic (exact) mass is 571 g/mol. The van der Waals surface area contributed by atoms with Crippen molar-refractivity contribution < 1.29 is 27.2 Å². The van der Waals surface area contributed by atoms with Gasteiger partial charge in [-0.3, -0.25) is 19.0 Å². The van der Waals surface area contributed by atoms with E-state index in [1.807, 2.05) is 26.8 Å². The predicted octanol–water partition coefficient (Wildman–Crippen LogP) is 5.31. The molecule has 5 rings (SSSR count). The Morgan fingerprint density at radius 3 is 2.48 bits per heavy atom. The molecule has 3 N–H and O–H groups in total. The molecule has 0 aliphatic heterocycles. The number of nitrogens with zero attached hydrogens (tertiary/aromatic N) is 5. The number of hydrogen-bond acceptors (Lipinski definition) is 7. The Morgan fingerprint density at radius 2 is 1.88 bits per heavy atom. The zero-order valence-electron chi connectivity index (χ0n) is 21.9. The summed E-state index contributed by atoms with van der Waals surface area (Å²) in [6, 6.07) is 5.88. The maximum absolute atomic E-state index is 13.8. The van der Waals surface area contributed by atoms with Crippen LogP contribution in [0.5, 0.6) is 0 Å². The lowest BCUT2D eigenvalue weighted by Gasteiger charge is -2.12. The number of halogens is 3. The summed E-state index contributed by atoms with van der Waals surface area (Å²) in [5.41, 5.74) is 7.26. The second-order valence-electron chi connectivity index (χ2n) is 9.17. The lowest BCUT2D eigenvalue weighted by Crippen LogP contribution is -2.16. The van der Waals surface area contributed by atoms with Gasteiger partial charge in [-0.25, -0.2) is 4.98 Å². The average Bonchev–Trinajstić information content (AvgIpc) is 3.65. The minimum Gasteiger partial charge on any atom is -0.454 e. The van der Waals surface area contributed by atoms with E-state index in [2.05, 4.69) is 20.5 Å². The number of hydrogen-bond donors (Lipinski definition) is 2. The summed E-state index contributed by atoms with van der Waals surface area (Å²) in [6.07, 6.45) is -3.31. The van der Waals surface area contributed by atoms with Gasteiger partial charge in [-0.05, 0) is 57.5 Å². The van der Waals surface area contributed by atoms with Gasteiger partial charge in [0, 0.05) is 28.9 Å². The molecule has 0 fully saturated rings. The summed E-state index contributed by atoms with van der Waals surface area (Å²) in [5.74, 6) is -1.25. The van der Waals surface area contributed by atoms with Gasteiger partial charge in [0.15, 0.2) is 5.76 Å². The lowest BCUT2D eigenvalue weighted by atomic mass is 10.0. The number of amides is 2. The molecule has 5 heterocycles. The van der Waals surface area contributed by atoms with Crippen LogP contribution in [-0.2, 0) is 19.3 Å². The molecule has 40 heavy (non-hydrogen) atoms. The molecular formula is C26H24F3N7O3S. The number of pyridine rings is 1. The van der Waals surface area contributed by atoms with Crippen molar-refractivity contribution in [2.75, 3.05) is 5.32 Å². The van der Waals surface area contributed by atoms with Crippen molar-refractivity contribution in [2.45, 2.75) is 47.0 Å². The zero-order chi connectivity index (χ0) is 28.9. The Balaban J connectivity index is 1.60. The second-order valence-corrected chi connectivity index (χ2v) is 10.2. The molecule has 0 aliphatic rings. The fraction of sp³-hybridized carbons (Fsp3) is 0.269. The molecule has 0 aromatic carbocycles. The fourth-order valence-electron chi connectivity index (χ4n) is 4.52. The molecule has 0 radical (unpaired) electrons. The molecule has 14 heteroatoms. The summed E-state index contributed by atoms with van der Waals surface area (Å²) in [7, 11) is 0. The Labute approximate surface area is 229 Å². The molecule has 10 nitrogen and oxygen atoms in total. The van der Waals surface area contributed by atoms with E-state index in [0.717, 1.165) is 17.5 Å². The first kappa shape index (κ1) is 27.1. The minimum absolute atomic E-state index is 0.0473. The number of aryl methyl sites for hydroxylation is 3. The first-order chi connectivity index (χ1) is 18.9. The van der Waals surface area contributed by atoms with Crippen LogP contribution in [0.2, 0.25) is 0 Å². The molecule has 208 valence electrons. The van der Waals surface area contributed by atoms with Crippen LogP contribution in [0, 0.1) is 20.8 Å². The molecule has 0 aliphatic carbocycles. The molecule has 5 aromatic heterocycles. The Bertz CT molecular complexity index is 1780. The van der Waals surface area contributed by atoms with Crippen LogP contribution in [-0.4, -0.2) is 36.4 Å².